The van der Waals surface area contributed by atoms with E-state index in [1.807, 2.05) is 61.5 Å². The van der Waals surface area contributed by atoms with Crippen LogP contribution in [0.3, 0.4) is 0 Å². The summed E-state index contributed by atoms with van der Waals surface area (Å²) in [7, 11) is 1.78. The predicted molar refractivity (Wildman–Crippen MR) is 113 cm³/mol. The fourth-order valence-electron chi connectivity index (χ4n) is 3.15. The van der Waals surface area contributed by atoms with E-state index >= 15 is 0 Å². The largest absolute Gasteiger partial charge is 0.341 e. The monoisotopic (exact) mass is 381 g/mol. The van der Waals surface area contributed by atoms with E-state index in [1.54, 1.807) is 11.9 Å². The normalized spacial score (nSPS) is 11.8. The Morgan fingerprint density at radius 2 is 1.64 bits per heavy atom. The van der Waals surface area contributed by atoms with Crippen LogP contribution in [-0.4, -0.2) is 30.4 Å². The van der Waals surface area contributed by atoms with Gasteiger partial charge in [-0.2, -0.15) is 0 Å². The quantitative estimate of drug-likeness (QED) is 0.725. The molecule has 3 amide bonds. The first kappa shape index (κ1) is 21.5. The maximum absolute atomic E-state index is 12.3. The third kappa shape index (κ3) is 6.41. The first-order valence-corrected chi connectivity index (χ1v) is 9.76. The van der Waals surface area contributed by atoms with Crippen LogP contribution >= 0.6 is 0 Å². The Labute approximate surface area is 168 Å². The molecule has 0 bridgehead atoms. The molecule has 0 aromatic heterocycles. The van der Waals surface area contributed by atoms with Crippen molar-refractivity contribution in [1.29, 1.82) is 0 Å². The minimum atomic E-state index is -0.250. The van der Waals surface area contributed by atoms with Gasteiger partial charge in [-0.25, -0.2) is 4.79 Å². The zero-order valence-corrected chi connectivity index (χ0v) is 17.2. The van der Waals surface area contributed by atoms with Gasteiger partial charge in [-0.05, 0) is 29.5 Å². The van der Waals surface area contributed by atoms with Gasteiger partial charge in [0.1, 0.15) is 0 Å². The number of benzene rings is 2. The molecule has 0 radical (unpaired) electrons. The van der Waals surface area contributed by atoms with Gasteiger partial charge in [0.25, 0.3) is 0 Å². The van der Waals surface area contributed by atoms with Gasteiger partial charge < -0.3 is 15.5 Å². The number of hydrogen-bond donors (Lipinski definition) is 2. The van der Waals surface area contributed by atoms with Gasteiger partial charge >= 0.3 is 6.03 Å². The maximum atomic E-state index is 12.3. The minimum Gasteiger partial charge on any atom is -0.341 e. The Morgan fingerprint density at radius 3 is 2.29 bits per heavy atom. The first-order chi connectivity index (χ1) is 13.4. The molecule has 0 aliphatic heterocycles. The second-order valence-corrected chi connectivity index (χ2v) is 7.46. The highest BCUT2D eigenvalue weighted by Crippen LogP contribution is 2.24. The number of urea groups is 1. The molecule has 0 heterocycles. The Kier molecular flexibility index (Phi) is 8.05. The van der Waals surface area contributed by atoms with Gasteiger partial charge in [0.05, 0.1) is 6.04 Å². The molecule has 1 unspecified atom stereocenters. The molecule has 0 saturated carbocycles. The van der Waals surface area contributed by atoms with Crippen LogP contribution in [0.2, 0.25) is 0 Å². The third-order valence-electron chi connectivity index (χ3n) is 4.79. The summed E-state index contributed by atoms with van der Waals surface area (Å²) in [6.45, 7) is 7.08. The van der Waals surface area contributed by atoms with Gasteiger partial charge in [0.15, 0.2) is 0 Å². The van der Waals surface area contributed by atoms with Crippen LogP contribution < -0.4 is 10.6 Å². The summed E-state index contributed by atoms with van der Waals surface area (Å²) >= 11 is 0. The van der Waals surface area contributed by atoms with Crippen molar-refractivity contribution < 1.29 is 9.59 Å². The highest BCUT2D eigenvalue weighted by atomic mass is 16.2. The third-order valence-corrected chi connectivity index (χ3v) is 4.79. The molecule has 150 valence electrons. The zero-order valence-electron chi connectivity index (χ0n) is 17.2. The Balaban J connectivity index is 1.81. The number of carbonyl (C=O) groups is 2. The van der Waals surface area contributed by atoms with E-state index in [0.717, 1.165) is 16.7 Å². The molecule has 5 heteroatoms. The van der Waals surface area contributed by atoms with E-state index in [1.165, 1.54) is 0 Å². The highest BCUT2D eigenvalue weighted by Gasteiger charge is 2.20. The van der Waals surface area contributed by atoms with Crippen molar-refractivity contribution in [3.8, 4) is 0 Å². The van der Waals surface area contributed by atoms with Crippen LogP contribution in [0.1, 0.15) is 43.0 Å². The van der Waals surface area contributed by atoms with Gasteiger partial charge in [-0.3, -0.25) is 4.79 Å². The van der Waals surface area contributed by atoms with Crippen molar-refractivity contribution >= 4 is 11.9 Å². The van der Waals surface area contributed by atoms with E-state index in [-0.39, 0.29) is 30.3 Å². The Bertz CT molecular complexity index is 774. The van der Waals surface area contributed by atoms with Crippen molar-refractivity contribution in [2.75, 3.05) is 13.6 Å². The van der Waals surface area contributed by atoms with Crippen LogP contribution in [-0.2, 0) is 11.3 Å². The number of hydrogen-bond acceptors (Lipinski definition) is 2. The van der Waals surface area contributed by atoms with E-state index in [9.17, 15) is 9.59 Å². The van der Waals surface area contributed by atoms with Crippen molar-refractivity contribution in [1.82, 2.24) is 15.5 Å². The second kappa shape index (κ2) is 10.5. The molecule has 1 atom stereocenters. The summed E-state index contributed by atoms with van der Waals surface area (Å²) in [4.78, 5) is 26.3. The second-order valence-electron chi connectivity index (χ2n) is 7.46. The first-order valence-electron chi connectivity index (χ1n) is 9.76. The number of aryl methyl sites for hydroxylation is 1. The SMILES string of the molecule is Cc1ccccc1C(NC(=O)NCCC(=O)N(C)Cc1ccccc1)C(C)C. The number of rotatable bonds is 8. The number of nitrogens with one attached hydrogen (secondary N) is 2. The lowest BCUT2D eigenvalue weighted by Gasteiger charge is -2.25. The maximum Gasteiger partial charge on any atom is 0.315 e. The number of nitrogens with zero attached hydrogens (tertiary/aromatic N) is 1. The van der Waals surface area contributed by atoms with Gasteiger partial charge in [0.2, 0.25) is 5.91 Å². The smallest absolute Gasteiger partial charge is 0.315 e. The van der Waals surface area contributed by atoms with Crippen LogP contribution in [0.5, 0.6) is 0 Å². The summed E-state index contributed by atoms with van der Waals surface area (Å²) in [5.74, 6) is 0.258. The molecule has 5 nitrogen and oxygen atoms in total. The van der Waals surface area contributed by atoms with Crippen molar-refractivity contribution in [3.63, 3.8) is 0 Å². The summed E-state index contributed by atoms with van der Waals surface area (Å²) in [6.07, 6.45) is 0.271. The van der Waals surface area contributed by atoms with Crippen LogP contribution in [0.25, 0.3) is 0 Å². The lowest BCUT2D eigenvalue weighted by molar-refractivity contribution is -0.130. The van der Waals surface area contributed by atoms with Crippen LogP contribution in [0.15, 0.2) is 54.6 Å². The van der Waals surface area contributed by atoms with Crippen molar-refractivity contribution in [2.45, 2.75) is 39.8 Å². The Hall–Kier alpha value is -2.82. The van der Waals surface area contributed by atoms with Crippen molar-refractivity contribution in [3.05, 3.63) is 71.3 Å². The van der Waals surface area contributed by atoms with Crippen LogP contribution in [0, 0.1) is 12.8 Å². The van der Waals surface area contributed by atoms with E-state index < -0.39 is 0 Å². The molecule has 0 aliphatic carbocycles. The molecule has 2 aromatic rings. The van der Waals surface area contributed by atoms with Gasteiger partial charge in [-0.15, -0.1) is 0 Å². The van der Waals surface area contributed by atoms with Crippen molar-refractivity contribution in [2.24, 2.45) is 5.92 Å². The molecule has 2 aromatic carbocycles. The summed E-state index contributed by atoms with van der Waals surface area (Å²) in [5.41, 5.74) is 3.35. The average molecular weight is 382 g/mol. The molecule has 0 spiro atoms. The average Bonchev–Trinajstić information content (AvgIpc) is 2.67. The zero-order chi connectivity index (χ0) is 20.5. The number of carbonyl (C=O) groups excluding carboxylic acids is 2. The molecule has 0 aliphatic rings. The molecule has 2 N–H and O–H groups in total. The van der Waals surface area contributed by atoms with E-state index in [4.69, 9.17) is 0 Å². The molecule has 0 saturated heterocycles. The molecule has 2 rings (SSSR count). The van der Waals surface area contributed by atoms with Gasteiger partial charge in [0, 0.05) is 26.6 Å². The highest BCUT2D eigenvalue weighted by molar-refractivity contribution is 5.78. The summed E-state index contributed by atoms with van der Waals surface area (Å²) in [5, 5.41) is 5.85. The van der Waals surface area contributed by atoms with E-state index in [0.29, 0.717) is 13.1 Å². The Morgan fingerprint density at radius 1 is 1.00 bits per heavy atom. The van der Waals surface area contributed by atoms with Gasteiger partial charge in [-0.1, -0.05) is 68.4 Å². The standard InChI is InChI=1S/C23H31N3O2/c1-17(2)22(20-13-9-8-10-18(20)3)25-23(28)24-15-14-21(27)26(4)16-19-11-6-5-7-12-19/h5-13,17,22H,14-16H2,1-4H3,(H2,24,25,28). The topological polar surface area (TPSA) is 61.4 Å². The predicted octanol–water partition coefficient (Wildman–Crippen LogP) is 4.04. The summed E-state index contributed by atoms with van der Waals surface area (Å²) < 4.78 is 0. The molecule has 28 heavy (non-hydrogen) atoms. The minimum absolute atomic E-state index is 0.00321. The molecular weight excluding hydrogens is 350 g/mol. The summed E-state index contributed by atoms with van der Waals surface area (Å²) in [6, 6.07) is 17.6. The van der Waals surface area contributed by atoms with Crippen LogP contribution in [0.4, 0.5) is 4.79 Å². The number of amides is 3. The fourth-order valence-corrected chi connectivity index (χ4v) is 3.15. The molecule has 0 fully saturated rings. The lowest BCUT2D eigenvalue weighted by Crippen LogP contribution is -2.41. The lowest BCUT2D eigenvalue weighted by atomic mass is 9.93. The van der Waals surface area contributed by atoms with E-state index in [2.05, 4.69) is 24.5 Å². The fraction of sp³-hybridized carbons (Fsp3) is 0.391. The molecular formula is C23H31N3O2.